The molecule has 0 aliphatic rings. The van der Waals surface area contributed by atoms with Crippen LogP contribution in [-0.4, -0.2) is 5.25 Å². The molecule has 0 atom stereocenters. The van der Waals surface area contributed by atoms with Gasteiger partial charge in [0, 0.05) is 10.1 Å². The third-order valence-corrected chi connectivity index (χ3v) is 3.65. The highest BCUT2D eigenvalue weighted by atomic mass is 32.2. The average molecular weight is 228 g/mol. The molecule has 0 amide bonds. The lowest BCUT2D eigenvalue weighted by atomic mass is 10.1. The van der Waals surface area contributed by atoms with Crippen LogP contribution in [0.15, 0.2) is 47.9 Å². The Bertz CT molecular complexity index is 512. The van der Waals surface area contributed by atoms with Gasteiger partial charge in [0.25, 0.3) is 0 Å². The van der Waals surface area contributed by atoms with Crippen molar-refractivity contribution in [3.8, 4) is 0 Å². The molecule has 0 heterocycles. The minimum Gasteiger partial charge on any atom is -0.122 e. The van der Waals surface area contributed by atoms with Crippen molar-refractivity contribution < 1.29 is 0 Å². The summed E-state index contributed by atoms with van der Waals surface area (Å²) in [6.45, 7) is 8.34. The van der Waals surface area contributed by atoms with Crippen LogP contribution in [0.2, 0.25) is 0 Å². The van der Waals surface area contributed by atoms with Gasteiger partial charge in [-0.1, -0.05) is 62.9 Å². The second-order valence-electron chi connectivity index (χ2n) is 4.08. The monoisotopic (exact) mass is 228 g/mol. The Kier molecular flexibility index (Phi) is 3.35. The molecule has 0 spiro atoms. The fourth-order valence-electron chi connectivity index (χ4n) is 1.79. The van der Waals surface area contributed by atoms with Gasteiger partial charge in [-0.15, -0.1) is 11.8 Å². The van der Waals surface area contributed by atoms with Gasteiger partial charge in [-0.3, -0.25) is 0 Å². The summed E-state index contributed by atoms with van der Waals surface area (Å²) in [6.07, 6.45) is 1.94. The van der Waals surface area contributed by atoms with Crippen LogP contribution >= 0.6 is 11.8 Å². The van der Waals surface area contributed by atoms with Crippen molar-refractivity contribution in [2.45, 2.75) is 24.0 Å². The summed E-state index contributed by atoms with van der Waals surface area (Å²) in [5, 5.41) is 3.22. The number of rotatable bonds is 3. The molecule has 0 aliphatic heterocycles. The Morgan fingerprint density at radius 2 is 1.88 bits per heavy atom. The molecule has 0 radical (unpaired) electrons. The molecule has 0 aliphatic carbocycles. The highest BCUT2D eigenvalue weighted by molar-refractivity contribution is 8.00. The van der Waals surface area contributed by atoms with E-state index in [4.69, 9.17) is 0 Å². The molecule has 16 heavy (non-hydrogen) atoms. The highest BCUT2D eigenvalue weighted by Gasteiger charge is 2.07. The molecular weight excluding hydrogens is 212 g/mol. The molecule has 0 unspecified atom stereocenters. The van der Waals surface area contributed by atoms with Crippen molar-refractivity contribution in [2.24, 2.45) is 0 Å². The predicted octanol–water partition coefficient (Wildman–Crippen LogP) is 4.98. The van der Waals surface area contributed by atoms with Crippen molar-refractivity contribution >= 4 is 28.6 Å². The van der Waals surface area contributed by atoms with Crippen LogP contribution in [0, 0.1) is 0 Å². The van der Waals surface area contributed by atoms with Crippen LogP contribution in [0.5, 0.6) is 0 Å². The van der Waals surface area contributed by atoms with E-state index in [1.807, 2.05) is 17.8 Å². The minimum atomic E-state index is 0.588. The van der Waals surface area contributed by atoms with Crippen LogP contribution in [0.25, 0.3) is 16.8 Å². The van der Waals surface area contributed by atoms with Gasteiger partial charge < -0.3 is 0 Å². The average Bonchev–Trinajstić information content (AvgIpc) is 2.29. The van der Waals surface area contributed by atoms with Crippen LogP contribution in [0.4, 0.5) is 0 Å². The molecule has 0 aromatic heterocycles. The summed E-state index contributed by atoms with van der Waals surface area (Å²) in [6, 6.07) is 12.8. The van der Waals surface area contributed by atoms with Crippen molar-refractivity contribution in [1.82, 2.24) is 0 Å². The standard InChI is InChI=1S/C15H16S/c1-4-12-9-10-13-7-5-6-8-14(13)15(12)16-11(2)3/h4-11H,1H2,2-3H3. The topological polar surface area (TPSA) is 0 Å². The number of hydrogen-bond donors (Lipinski definition) is 0. The van der Waals surface area contributed by atoms with Gasteiger partial charge in [-0.25, -0.2) is 0 Å². The summed E-state index contributed by atoms with van der Waals surface area (Å²) in [4.78, 5) is 1.35. The van der Waals surface area contributed by atoms with Crippen molar-refractivity contribution in [2.75, 3.05) is 0 Å². The lowest BCUT2D eigenvalue weighted by Gasteiger charge is -2.12. The molecule has 2 aromatic carbocycles. The summed E-state index contributed by atoms with van der Waals surface area (Å²) >= 11 is 1.91. The third-order valence-electron chi connectivity index (χ3n) is 2.48. The first kappa shape index (κ1) is 11.3. The summed E-state index contributed by atoms with van der Waals surface area (Å²) in [5.41, 5.74) is 1.23. The van der Waals surface area contributed by atoms with Crippen LogP contribution in [0.1, 0.15) is 19.4 Å². The zero-order valence-electron chi connectivity index (χ0n) is 9.73. The normalized spacial score (nSPS) is 10.9. The van der Waals surface area contributed by atoms with E-state index in [1.165, 1.54) is 21.2 Å². The lowest BCUT2D eigenvalue weighted by molar-refractivity contribution is 1.11. The highest BCUT2D eigenvalue weighted by Crippen LogP contribution is 2.34. The van der Waals surface area contributed by atoms with E-state index in [1.54, 1.807) is 0 Å². The molecule has 0 bridgehead atoms. The number of hydrogen-bond acceptors (Lipinski definition) is 1. The summed E-state index contributed by atoms with van der Waals surface area (Å²) < 4.78 is 0. The lowest BCUT2D eigenvalue weighted by Crippen LogP contribution is -1.90. The van der Waals surface area contributed by atoms with Gasteiger partial charge in [0.05, 0.1) is 0 Å². The van der Waals surface area contributed by atoms with E-state index in [9.17, 15) is 0 Å². The van der Waals surface area contributed by atoms with E-state index in [-0.39, 0.29) is 0 Å². The first-order valence-electron chi connectivity index (χ1n) is 5.53. The molecule has 2 aromatic rings. The van der Waals surface area contributed by atoms with E-state index in [2.05, 4.69) is 56.8 Å². The Labute approximate surface area is 101 Å². The van der Waals surface area contributed by atoms with Crippen LogP contribution in [0.3, 0.4) is 0 Å². The second kappa shape index (κ2) is 4.75. The first-order chi connectivity index (χ1) is 7.72. The number of benzene rings is 2. The molecule has 82 valence electrons. The Morgan fingerprint density at radius 3 is 2.56 bits per heavy atom. The fourth-order valence-corrected chi connectivity index (χ4v) is 2.86. The van der Waals surface area contributed by atoms with E-state index >= 15 is 0 Å². The Balaban J connectivity index is 2.67. The van der Waals surface area contributed by atoms with Crippen molar-refractivity contribution in [3.63, 3.8) is 0 Å². The smallest absolute Gasteiger partial charge is 0.0225 e. The van der Waals surface area contributed by atoms with Crippen LogP contribution in [-0.2, 0) is 0 Å². The Morgan fingerprint density at radius 1 is 1.12 bits per heavy atom. The van der Waals surface area contributed by atoms with Crippen molar-refractivity contribution in [3.05, 3.63) is 48.5 Å². The molecular formula is C15H16S. The SMILES string of the molecule is C=Cc1ccc2ccccc2c1SC(C)C. The van der Waals surface area contributed by atoms with E-state index < -0.39 is 0 Å². The zero-order valence-corrected chi connectivity index (χ0v) is 10.6. The second-order valence-corrected chi connectivity index (χ2v) is 5.66. The van der Waals surface area contributed by atoms with Crippen molar-refractivity contribution in [1.29, 1.82) is 0 Å². The van der Waals surface area contributed by atoms with Gasteiger partial charge in [0.15, 0.2) is 0 Å². The zero-order chi connectivity index (χ0) is 11.5. The summed E-state index contributed by atoms with van der Waals surface area (Å²) in [7, 11) is 0. The van der Waals surface area contributed by atoms with E-state index in [0.717, 1.165) is 0 Å². The fraction of sp³-hybridized carbons (Fsp3) is 0.200. The molecule has 0 N–H and O–H groups in total. The molecule has 2 rings (SSSR count). The largest absolute Gasteiger partial charge is 0.122 e. The van der Waals surface area contributed by atoms with Crippen LogP contribution < -0.4 is 0 Å². The maximum Gasteiger partial charge on any atom is 0.0225 e. The third kappa shape index (κ3) is 2.14. The predicted molar refractivity (Wildman–Crippen MR) is 75.0 cm³/mol. The summed E-state index contributed by atoms with van der Waals surface area (Å²) in [5.74, 6) is 0. The number of thioether (sulfide) groups is 1. The maximum atomic E-state index is 3.89. The first-order valence-corrected chi connectivity index (χ1v) is 6.41. The van der Waals surface area contributed by atoms with Gasteiger partial charge in [-0.05, 0) is 16.3 Å². The molecule has 0 nitrogen and oxygen atoms in total. The maximum absolute atomic E-state index is 3.89. The Hall–Kier alpha value is -1.21. The molecule has 0 fully saturated rings. The molecule has 0 saturated heterocycles. The number of fused-ring (bicyclic) bond motifs is 1. The van der Waals surface area contributed by atoms with E-state index in [0.29, 0.717) is 5.25 Å². The molecule has 0 saturated carbocycles. The van der Waals surface area contributed by atoms with Gasteiger partial charge in [-0.2, -0.15) is 0 Å². The minimum absolute atomic E-state index is 0.588. The quantitative estimate of drug-likeness (QED) is 0.667. The molecule has 1 heteroatoms. The van der Waals surface area contributed by atoms with Gasteiger partial charge in [0.1, 0.15) is 0 Å². The van der Waals surface area contributed by atoms with Gasteiger partial charge in [0.2, 0.25) is 0 Å². The van der Waals surface area contributed by atoms with Gasteiger partial charge >= 0.3 is 0 Å².